The molecule has 0 N–H and O–H groups in total. The van der Waals surface area contributed by atoms with E-state index in [1.807, 2.05) is 25.3 Å². The Labute approximate surface area is 191 Å². The summed E-state index contributed by atoms with van der Waals surface area (Å²) in [5.41, 5.74) is 3.27. The summed E-state index contributed by atoms with van der Waals surface area (Å²) in [4.78, 5) is 16.1. The Kier molecular flexibility index (Phi) is 11.5. The predicted molar refractivity (Wildman–Crippen MR) is 127 cm³/mol. The van der Waals surface area contributed by atoms with Crippen molar-refractivity contribution in [1.82, 2.24) is 4.98 Å². The molecule has 1 aromatic heterocycles. The highest BCUT2D eigenvalue weighted by atomic mass is 32.1. The van der Waals surface area contributed by atoms with Crippen LogP contribution in [0.4, 0.5) is 0 Å². The van der Waals surface area contributed by atoms with E-state index in [-0.39, 0.29) is 18.4 Å². The lowest BCUT2D eigenvalue weighted by atomic mass is 10.00. The minimum absolute atomic E-state index is 0.000492. The van der Waals surface area contributed by atoms with E-state index in [1.165, 1.54) is 18.9 Å². The number of ether oxygens (including phenoxy) is 3. The zero-order valence-corrected chi connectivity index (χ0v) is 20.6. The summed E-state index contributed by atoms with van der Waals surface area (Å²) < 4.78 is 17.1. The molecule has 6 heteroatoms. The second kappa shape index (κ2) is 13.8. The Morgan fingerprint density at radius 2 is 2.16 bits per heavy atom. The topological polar surface area (TPSA) is 57.7 Å². The molecule has 0 radical (unpaired) electrons. The number of aryl methyl sites for hydroxylation is 1. The van der Waals surface area contributed by atoms with Crippen LogP contribution in [-0.4, -0.2) is 36.6 Å². The Balaban J connectivity index is 1.76. The van der Waals surface area contributed by atoms with Crippen LogP contribution in [0.5, 0.6) is 0 Å². The third-order valence-corrected chi connectivity index (χ3v) is 6.27. The highest BCUT2D eigenvalue weighted by molar-refractivity contribution is 7.09. The van der Waals surface area contributed by atoms with Crippen molar-refractivity contribution in [3.05, 3.63) is 33.3 Å². The van der Waals surface area contributed by atoms with Crippen molar-refractivity contribution in [3.63, 3.8) is 0 Å². The van der Waals surface area contributed by atoms with Crippen LogP contribution in [0.1, 0.15) is 83.3 Å². The van der Waals surface area contributed by atoms with Gasteiger partial charge >= 0.3 is 5.97 Å². The number of nitrogens with zero attached hydrogens (tertiary/aromatic N) is 1. The number of allylic oxidation sites excluding steroid dienone is 1. The normalized spacial score (nSPS) is 19.8. The number of rotatable bonds is 12. The van der Waals surface area contributed by atoms with Crippen LogP contribution in [0, 0.1) is 12.8 Å². The van der Waals surface area contributed by atoms with Crippen molar-refractivity contribution in [2.75, 3.05) is 13.2 Å². The number of carbonyl (C=O) groups excluding carboxylic acids is 1. The first-order chi connectivity index (χ1) is 14.8. The first kappa shape index (κ1) is 25.8. The van der Waals surface area contributed by atoms with Gasteiger partial charge in [0.2, 0.25) is 0 Å². The fraction of sp³-hybridized carbons (Fsp3) is 0.680. The first-order valence-electron chi connectivity index (χ1n) is 11.5. The SMILES string of the molecule is CC(=O)OC(CC=C(C)CCCC(C)COC1CCCCO1)C(C)=Cc1csc(C)n1. The highest BCUT2D eigenvalue weighted by Gasteiger charge is 2.16. The molecule has 0 saturated carbocycles. The molecule has 2 heterocycles. The van der Waals surface area contributed by atoms with Gasteiger partial charge in [0.1, 0.15) is 6.10 Å². The maximum Gasteiger partial charge on any atom is 0.303 e. The van der Waals surface area contributed by atoms with E-state index in [9.17, 15) is 4.79 Å². The van der Waals surface area contributed by atoms with Gasteiger partial charge in [-0.1, -0.05) is 18.6 Å². The zero-order chi connectivity index (χ0) is 22.6. The number of hydrogen-bond donors (Lipinski definition) is 0. The number of hydrogen-bond acceptors (Lipinski definition) is 6. The van der Waals surface area contributed by atoms with Gasteiger partial charge in [-0.2, -0.15) is 0 Å². The van der Waals surface area contributed by atoms with Gasteiger partial charge in [-0.15, -0.1) is 11.3 Å². The van der Waals surface area contributed by atoms with Crippen LogP contribution < -0.4 is 0 Å². The van der Waals surface area contributed by atoms with Crippen LogP contribution >= 0.6 is 11.3 Å². The average Bonchev–Trinajstić information content (AvgIpc) is 3.14. The van der Waals surface area contributed by atoms with E-state index < -0.39 is 0 Å². The van der Waals surface area contributed by atoms with Gasteiger partial charge < -0.3 is 14.2 Å². The van der Waals surface area contributed by atoms with Gasteiger partial charge in [-0.3, -0.25) is 4.79 Å². The van der Waals surface area contributed by atoms with Gasteiger partial charge in [0.25, 0.3) is 0 Å². The summed E-state index contributed by atoms with van der Waals surface area (Å²) in [6.45, 7) is 11.5. The second-order valence-electron chi connectivity index (χ2n) is 8.69. The molecular weight excluding hydrogens is 410 g/mol. The third-order valence-electron chi connectivity index (χ3n) is 5.48. The molecule has 1 aliphatic rings. The third kappa shape index (κ3) is 10.6. The molecule has 0 spiro atoms. The standard InChI is InChI=1S/C25H39NO4S/c1-18(9-8-10-19(2)16-29-25-11-6-7-14-28-25)12-13-24(30-22(5)27)20(3)15-23-17-31-21(4)26-23/h12,15,17,19,24-25H,6-11,13-14,16H2,1-5H3. The zero-order valence-electron chi connectivity index (χ0n) is 19.8. The van der Waals surface area contributed by atoms with Gasteiger partial charge in [-0.25, -0.2) is 4.98 Å². The van der Waals surface area contributed by atoms with E-state index in [0.717, 1.165) is 61.6 Å². The quantitative estimate of drug-likeness (QED) is 0.270. The van der Waals surface area contributed by atoms with Gasteiger partial charge in [0.05, 0.1) is 17.3 Å². The molecule has 1 saturated heterocycles. The molecule has 3 atom stereocenters. The van der Waals surface area contributed by atoms with E-state index >= 15 is 0 Å². The summed E-state index contributed by atoms with van der Waals surface area (Å²) in [5.74, 6) is 0.271. The Morgan fingerprint density at radius 3 is 2.81 bits per heavy atom. The molecule has 31 heavy (non-hydrogen) atoms. The summed E-state index contributed by atoms with van der Waals surface area (Å²) in [5, 5.41) is 3.06. The lowest BCUT2D eigenvalue weighted by Crippen LogP contribution is -2.24. The van der Waals surface area contributed by atoms with E-state index in [4.69, 9.17) is 14.2 Å². The molecule has 2 rings (SSSR count). The fourth-order valence-electron chi connectivity index (χ4n) is 3.64. The Morgan fingerprint density at radius 1 is 1.35 bits per heavy atom. The number of carbonyl (C=O) groups is 1. The largest absolute Gasteiger partial charge is 0.458 e. The maximum absolute atomic E-state index is 11.6. The Hall–Kier alpha value is -1.50. The molecule has 0 aromatic carbocycles. The van der Waals surface area contributed by atoms with E-state index in [0.29, 0.717) is 12.3 Å². The summed E-state index contributed by atoms with van der Waals surface area (Å²) >= 11 is 1.62. The van der Waals surface area contributed by atoms with Crippen molar-refractivity contribution in [3.8, 4) is 0 Å². The predicted octanol–water partition coefficient (Wildman–Crippen LogP) is 6.47. The van der Waals surface area contributed by atoms with Crippen LogP contribution in [-0.2, 0) is 19.0 Å². The first-order valence-corrected chi connectivity index (χ1v) is 12.4. The summed E-state index contributed by atoms with van der Waals surface area (Å²) in [6, 6.07) is 0. The lowest BCUT2D eigenvalue weighted by Gasteiger charge is -2.24. The second-order valence-corrected chi connectivity index (χ2v) is 9.75. The molecular formula is C25H39NO4S. The van der Waals surface area contributed by atoms with Gasteiger partial charge in [-0.05, 0) is 76.9 Å². The van der Waals surface area contributed by atoms with Crippen molar-refractivity contribution >= 4 is 23.4 Å². The molecule has 0 amide bonds. The van der Waals surface area contributed by atoms with Gasteiger partial charge in [0, 0.05) is 25.3 Å². The molecule has 3 unspecified atom stereocenters. The van der Waals surface area contributed by atoms with Gasteiger partial charge in [0.15, 0.2) is 6.29 Å². The molecule has 0 aliphatic carbocycles. The Bertz CT molecular complexity index is 734. The van der Waals surface area contributed by atoms with Crippen LogP contribution in [0.2, 0.25) is 0 Å². The minimum atomic E-state index is -0.256. The number of thiazole rings is 1. The van der Waals surface area contributed by atoms with Crippen molar-refractivity contribution < 1.29 is 19.0 Å². The van der Waals surface area contributed by atoms with Crippen LogP contribution in [0.25, 0.3) is 6.08 Å². The summed E-state index contributed by atoms with van der Waals surface area (Å²) in [7, 11) is 0. The number of aromatic nitrogens is 1. The van der Waals surface area contributed by atoms with Crippen molar-refractivity contribution in [2.45, 2.75) is 92.0 Å². The molecule has 5 nitrogen and oxygen atoms in total. The number of esters is 1. The van der Waals surface area contributed by atoms with E-state index in [2.05, 4.69) is 24.9 Å². The highest BCUT2D eigenvalue weighted by Crippen LogP contribution is 2.21. The van der Waals surface area contributed by atoms with E-state index in [1.54, 1.807) is 11.3 Å². The molecule has 1 aliphatic heterocycles. The van der Waals surface area contributed by atoms with Crippen LogP contribution in [0.3, 0.4) is 0 Å². The smallest absolute Gasteiger partial charge is 0.303 e. The maximum atomic E-state index is 11.6. The molecule has 1 aromatic rings. The van der Waals surface area contributed by atoms with Crippen molar-refractivity contribution in [1.29, 1.82) is 0 Å². The average molecular weight is 450 g/mol. The minimum Gasteiger partial charge on any atom is -0.458 e. The van der Waals surface area contributed by atoms with Crippen molar-refractivity contribution in [2.24, 2.45) is 5.92 Å². The lowest BCUT2D eigenvalue weighted by molar-refractivity contribution is -0.168. The van der Waals surface area contributed by atoms with Crippen LogP contribution in [0.15, 0.2) is 22.6 Å². The molecule has 174 valence electrons. The molecule has 1 fully saturated rings. The summed E-state index contributed by atoms with van der Waals surface area (Å²) in [6.07, 6.45) is 11.3. The fourth-order valence-corrected chi connectivity index (χ4v) is 4.21. The molecule has 0 bridgehead atoms. The monoisotopic (exact) mass is 449 g/mol.